The quantitative estimate of drug-likeness (QED) is 0.714. The van der Waals surface area contributed by atoms with E-state index in [0.29, 0.717) is 6.54 Å². The highest BCUT2D eigenvalue weighted by Crippen LogP contribution is 2.30. The molecule has 0 saturated carbocycles. The fraction of sp³-hybridized carbons (Fsp3) is 0.409. The summed E-state index contributed by atoms with van der Waals surface area (Å²) in [4.78, 5) is 20.7. The van der Waals surface area contributed by atoms with Crippen LogP contribution in [0.4, 0.5) is 11.5 Å². The van der Waals surface area contributed by atoms with Crippen molar-refractivity contribution in [2.75, 3.05) is 50.1 Å². The minimum absolute atomic E-state index is 0.0263. The van der Waals surface area contributed by atoms with Crippen LogP contribution in [0, 0.1) is 6.92 Å². The number of anilines is 2. The van der Waals surface area contributed by atoms with E-state index in [1.165, 1.54) is 0 Å². The molecule has 1 fully saturated rings. The summed E-state index contributed by atoms with van der Waals surface area (Å²) in [5.41, 5.74) is 3.67. The van der Waals surface area contributed by atoms with Crippen LogP contribution in [-0.4, -0.2) is 65.2 Å². The summed E-state index contributed by atoms with van der Waals surface area (Å²) in [6, 6.07) is 10.0. The molecule has 152 valence electrons. The Kier molecular flexibility index (Phi) is 5.60. The average molecular weight is 393 g/mol. The van der Waals surface area contributed by atoms with Crippen LogP contribution in [0.5, 0.6) is 0 Å². The molecule has 0 radical (unpaired) electrons. The van der Waals surface area contributed by atoms with Crippen molar-refractivity contribution >= 4 is 22.4 Å². The number of hydrogen-bond donors (Lipinski definition) is 1. The number of rotatable bonds is 5. The molecule has 0 atom stereocenters. The van der Waals surface area contributed by atoms with Gasteiger partial charge in [-0.15, -0.1) is 0 Å². The van der Waals surface area contributed by atoms with Crippen LogP contribution < -0.4 is 9.80 Å². The molecule has 0 spiro atoms. The summed E-state index contributed by atoms with van der Waals surface area (Å²) in [6.07, 6.45) is 1.79. The fourth-order valence-electron chi connectivity index (χ4n) is 3.94. The smallest absolute Gasteiger partial charge is 0.132 e. The van der Waals surface area contributed by atoms with E-state index in [-0.39, 0.29) is 6.61 Å². The Hall–Kier alpha value is -2.77. The second-order valence-corrected chi connectivity index (χ2v) is 7.72. The number of nitrogens with zero attached hydrogens (tertiary/aromatic N) is 6. The molecule has 0 bridgehead atoms. The Morgan fingerprint density at radius 1 is 1.10 bits per heavy atom. The van der Waals surface area contributed by atoms with Crippen molar-refractivity contribution in [3.05, 3.63) is 53.6 Å². The maximum Gasteiger partial charge on any atom is 0.132 e. The standard InChI is InChI=1S/C22H28N6O/c1-16-24-19(13-20(25-16)28-11-9-26(2)10-12-28)14-27(3)22-18(15-29)7-6-17-5-4-8-23-21(17)22/h4-8,13,29H,9-12,14-15H2,1-3H3. The zero-order chi connectivity index (χ0) is 20.4. The molecule has 7 heteroatoms. The van der Waals surface area contributed by atoms with Crippen LogP contribution in [0.15, 0.2) is 36.5 Å². The molecule has 0 unspecified atom stereocenters. The lowest BCUT2D eigenvalue weighted by atomic mass is 10.1. The SMILES string of the molecule is Cc1nc(CN(C)c2c(CO)ccc3cccnc23)cc(N2CCN(C)CC2)n1. The van der Waals surface area contributed by atoms with Gasteiger partial charge in [0.1, 0.15) is 11.6 Å². The number of aryl methyl sites for hydroxylation is 1. The number of aromatic nitrogens is 3. The van der Waals surface area contributed by atoms with Gasteiger partial charge < -0.3 is 19.8 Å². The topological polar surface area (TPSA) is 68.6 Å². The number of hydrogen-bond acceptors (Lipinski definition) is 7. The van der Waals surface area contributed by atoms with Gasteiger partial charge in [0.05, 0.1) is 30.0 Å². The fourth-order valence-corrected chi connectivity index (χ4v) is 3.94. The molecule has 3 heterocycles. The van der Waals surface area contributed by atoms with Gasteiger partial charge in [0.15, 0.2) is 0 Å². The van der Waals surface area contributed by atoms with Gasteiger partial charge in [0.2, 0.25) is 0 Å². The van der Waals surface area contributed by atoms with Crippen molar-refractivity contribution < 1.29 is 5.11 Å². The predicted molar refractivity (Wildman–Crippen MR) is 116 cm³/mol. The number of benzene rings is 1. The van der Waals surface area contributed by atoms with E-state index in [0.717, 1.165) is 65.7 Å². The lowest BCUT2D eigenvalue weighted by molar-refractivity contribution is 0.282. The van der Waals surface area contributed by atoms with Crippen molar-refractivity contribution in [3.8, 4) is 0 Å². The third-order valence-electron chi connectivity index (χ3n) is 5.49. The van der Waals surface area contributed by atoms with Crippen LogP contribution in [-0.2, 0) is 13.2 Å². The third-order valence-corrected chi connectivity index (χ3v) is 5.49. The number of likely N-dealkylation sites (N-methyl/N-ethyl adjacent to an activating group) is 1. The summed E-state index contributed by atoms with van der Waals surface area (Å²) in [6.45, 7) is 6.57. The summed E-state index contributed by atoms with van der Waals surface area (Å²) in [5.74, 6) is 1.77. The lowest BCUT2D eigenvalue weighted by Gasteiger charge is -2.33. The van der Waals surface area contributed by atoms with E-state index < -0.39 is 0 Å². The first-order chi connectivity index (χ1) is 14.0. The van der Waals surface area contributed by atoms with Gasteiger partial charge in [-0.3, -0.25) is 4.98 Å². The minimum atomic E-state index is -0.0263. The van der Waals surface area contributed by atoms with Gasteiger partial charge in [0.25, 0.3) is 0 Å². The average Bonchev–Trinajstić information content (AvgIpc) is 2.72. The summed E-state index contributed by atoms with van der Waals surface area (Å²) < 4.78 is 0. The molecule has 3 aromatic rings. The molecule has 0 aliphatic carbocycles. The highest BCUT2D eigenvalue weighted by atomic mass is 16.3. The second kappa shape index (κ2) is 8.31. The molecule has 0 amide bonds. The maximum absolute atomic E-state index is 9.88. The van der Waals surface area contributed by atoms with E-state index in [2.05, 4.69) is 42.8 Å². The van der Waals surface area contributed by atoms with E-state index in [1.807, 2.05) is 38.2 Å². The van der Waals surface area contributed by atoms with Crippen LogP contribution in [0.3, 0.4) is 0 Å². The van der Waals surface area contributed by atoms with Gasteiger partial charge in [0, 0.05) is 56.4 Å². The largest absolute Gasteiger partial charge is 0.392 e. The molecule has 1 saturated heterocycles. The van der Waals surface area contributed by atoms with Gasteiger partial charge >= 0.3 is 0 Å². The molecule has 1 aromatic carbocycles. The van der Waals surface area contributed by atoms with E-state index in [9.17, 15) is 5.11 Å². The van der Waals surface area contributed by atoms with Crippen LogP contribution >= 0.6 is 0 Å². The zero-order valence-corrected chi connectivity index (χ0v) is 17.3. The first-order valence-electron chi connectivity index (χ1n) is 10.0. The third kappa shape index (κ3) is 4.16. The van der Waals surface area contributed by atoms with E-state index in [4.69, 9.17) is 0 Å². The van der Waals surface area contributed by atoms with Crippen molar-refractivity contribution in [1.82, 2.24) is 19.9 Å². The van der Waals surface area contributed by atoms with Crippen molar-refractivity contribution in [1.29, 1.82) is 0 Å². The Labute approximate surface area is 171 Å². The van der Waals surface area contributed by atoms with Crippen LogP contribution in [0.25, 0.3) is 10.9 Å². The van der Waals surface area contributed by atoms with Crippen molar-refractivity contribution in [3.63, 3.8) is 0 Å². The number of pyridine rings is 1. The molecular weight excluding hydrogens is 364 g/mol. The minimum Gasteiger partial charge on any atom is -0.392 e. The first-order valence-corrected chi connectivity index (χ1v) is 10.0. The molecule has 1 N–H and O–H groups in total. The van der Waals surface area contributed by atoms with Crippen LogP contribution in [0.2, 0.25) is 0 Å². The molecule has 1 aliphatic heterocycles. The molecular formula is C22H28N6O. The molecule has 1 aliphatic rings. The Morgan fingerprint density at radius 2 is 1.90 bits per heavy atom. The Morgan fingerprint density at radius 3 is 2.66 bits per heavy atom. The Balaban J connectivity index is 1.64. The molecule has 2 aromatic heterocycles. The summed E-state index contributed by atoms with van der Waals surface area (Å²) in [7, 11) is 4.18. The maximum atomic E-state index is 9.88. The first kappa shape index (κ1) is 19.5. The van der Waals surface area contributed by atoms with Crippen LogP contribution in [0.1, 0.15) is 17.1 Å². The van der Waals surface area contributed by atoms with E-state index >= 15 is 0 Å². The normalized spacial score (nSPS) is 15.1. The monoisotopic (exact) mass is 392 g/mol. The Bertz CT molecular complexity index is 1000. The summed E-state index contributed by atoms with van der Waals surface area (Å²) >= 11 is 0. The van der Waals surface area contributed by atoms with Gasteiger partial charge in [-0.05, 0) is 20.0 Å². The molecule has 7 nitrogen and oxygen atoms in total. The number of piperazine rings is 1. The lowest BCUT2D eigenvalue weighted by Crippen LogP contribution is -2.45. The highest BCUT2D eigenvalue weighted by Gasteiger charge is 2.18. The van der Waals surface area contributed by atoms with Gasteiger partial charge in [-0.2, -0.15) is 0 Å². The molecule has 4 rings (SSSR count). The number of fused-ring (bicyclic) bond motifs is 1. The predicted octanol–water partition coefficient (Wildman–Crippen LogP) is 2.21. The molecule has 29 heavy (non-hydrogen) atoms. The number of aliphatic hydroxyl groups excluding tert-OH is 1. The summed E-state index contributed by atoms with van der Waals surface area (Å²) in [5, 5.41) is 10.9. The highest BCUT2D eigenvalue weighted by molar-refractivity contribution is 5.92. The second-order valence-electron chi connectivity index (χ2n) is 7.72. The van der Waals surface area contributed by atoms with E-state index in [1.54, 1.807) is 6.20 Å². The van der Waals surface area contributed by atoms with Gasteiger partial charge in [-0.1, -0.05) is 18.2 Å². The number of aliphatic hydroxyl groups is 1. The zero-order valence-electron chi connectivity index (χ0n) is 17.3. The van der Waals surface area contributed by atoms with Crippen molar-refractivity contribution in [2.24, 2.45) is 0 Å². The van der Waals surface area contributed by atoms with Gasteiger partial charge in [-0.25, -0.2) is 9.97 Å². The van der Waals surface area contributed by atoms with Crippen molar-refractivity contribution in [2.45, 2.75) is 20.1 Å².